The summed E-state index contributed by atoms with van der Waals surface area (Å²) in [6, 6.07) is 2.58. The van der Waals surface area contributed by atoms with Crippen molar-refractivity contribution in [3.8, 4) is 5.75 Å². The number of fused-ring (bicyclic) bond motifs is 1. The molecular weight excluding hydrogens is 444 g/mol. The maximum atomic E-state index is 13.4. The van der Waals surface area contributed by atoms with Crippen LogP contribution in [0.2, 0.25) is 5.02 Å². The van der Waals surface area contributed by atoms with Gasteiger partial charge in [0.15, 0.2) is 0 Å². The van der Waals surface area contributed by atoms with Gasteiger partial charge >= 0.3 is 24.3 Å². The highest BCUT2D eigenvalue weighted by Gasteiger charge is 2.51. The lowest BCUT2D eigenvalue weighted by molar-refractivity contribution is -0.204. The molecule has 1 heterocycles. The van der Waals surface area contributed by atoms with E-state index in [2.05, 4.69) is 4.74 Å². The first kappa shape index (κ1) is 24.0. The zero-order valence-electron chi connectivity index (χ0n) is 15.8. The average molecular weight is 460 g/mol. The van der Waals surface area contributed by atoms with Crippen molar-refractivity contribution in [1.29, 1.82) is 0 Å². The monoisotopic (exact) mass is 459 g/mol. The van der Waals surface area contributed by atoms with Crippen LogP contribution in [0.3, 0.4) is 0 Å². The van der Waals surface area contributed by atoms with Crippen LogP contribution in [-0.4, -0.2) is 48.4 Å². The van der Waals surface area contributed by atoms with E-state index in [0.717, 1.165) is 0 Å². The second-order valence-electron chi connectivity index (χ2n) is 6.80. The largest absolute Gasteiger partial charge is 0.491 e. The lowest BCUT2D eigenvalue weighted by atomic mass is 9.99. The lowest BCUT2D eigenvalue weighted by Gasteiger charge is -2.29. The molecule has 1 aromatic rings. The Kier molecular flexibility index (Phi) is 6.77. The average Bonchev–Trinajstić information content (AvgIpc) is 2.59. The van der Waals surface area contributed by atoms with Gasteiger partial charge in [-0.2, -0.15) is 26.3 Å². The van der Waals surface area contributed by atoms with Gasteiger partial charge in [0.25, 0.3) is 0 Å². The Morgan fingerprint density at radius 3 is 2.30 bits per heavy atom. The number of nitrogens with zero attached hydrogens (tertiary/aromatic N) is 1. The zero-order chi connectivity index (χ0) is 23.0. The van der Waals surface area contributed by atoms with Gasteiger partial charge in [0.1, 0.15) is 5.75 Å². The first-order chi connectivity index (χ1) is 13.6. The Morgan fingerprint density at radius 2 is 1.80 bits per heavy atom. The highest BCUT2D eigenvalue weighted by molar-refractivity contribution is 6.31. The molecule has 2 rings (SSSR count). The Morgan fingerprint density at radius 1 is 1.20 bits per heavy atom. The van der Waals surface area contributed by atoms with Crippen molar-refractivity contribution >= 4 is 29.6 Å². The minimum absolute atomic E-state index is 0.0807. The van der Waals surface area contributed by atoms with E-state index < -0.39 is 36.0 Å². The molecule has 0 fully saturated rings. The summed E-state index contributed by atoms with van der Waals surface area (Å²) in [6.45, 7) is 4.07. The lowest BCUT2D eigenvalue weighted by Crippen LogP contribution is -2.42. The number of carbonyl (C=O) groups is 2. The molecule has 1 aromatic carbocycles. The van der Waals surface area contributed by atoms with E-state index in [1.54, 1.807) is 7.05 Å². The fourth-order valence-corrected chi connectivity index (χ4v) is 2.67. The minimum atomic E-state index is -5.56. The van der Waals surface area contributed by atoms with Crippen LogP contribution in [0.5, 0.6) is 5.75 Å². The summed E-state index contributed by atoms with van der Waals surface area (Å²) >= 11 is 6.15. The number of carbonyl (C=O) groups excluding carboxylic acids is 2. The number of benzene rings is 1. The number of hydrogen-bond acceptors (Lipinski definition) is 5. The molecule has 30 heavy (non-hydrogen) atoms. The topological polar surface area (TPSA) is 55.8 Å². The number of hydrogen-bond donors (Lipinski definition) is 0. The first-order valence-corrected chi connectivity index (χ1v) is 8.80. The highest BCUT2D eigenvalue weighted by atomic mass is 35.5. The standard InChI is InChI=1S/C18H16ClF6NO4/c1-8(2)26(3)7-10-6-13-9(5-12(10)19)4-11(14(29-13)17(20,21)22)15(27)30-16(28)18(23,24)25/h4-6,8,14H,7H2,1-3H3. The van der Waals surface area contributed by atoms with E-state index in [1.165, 1.54) is 12.1 Å². The van der Waals surface area contributed by atoms with Crippen LogP contribution in [0.25, 0.3) is 6.08 Å². The van der Waals surface area contributed by atoms with Gasteiger partial charge in [-0.25, -0.2) is 9.59 Å². The van der Waals surface area contributed by atoms with Crippen molar-refractivity contribution in [2.75, 3.05) is 7.05 Å². The van der Waals surface area contributed by atoms with Gasteiger partial charge in [-0.3, -0.25) is 4.90 Å². The summed E-state index contributed by atoms with van der Waals surface area (Å²) in [7, 11) is 1.77. The molecule has 12 heteroatoms. The van der Waals surface area contributed by atoms with E-state index >= 15 is 0 Å². The van der Waals surface area contributed by atoms with E-state index in [1.807, 2.05) is 18.7 Å². The van der Waals surface area contributed by atoms with Gasteiger partial charge in [-0.05, 0) is 44.7 Å². The Labute approximate surface area is 172 Å². The van der Waals surface area contributed by atoms with Crippen molar-refractivity contribution in [2.24, 2.45) is 0 Å². The summed E-state index contributed by atoms with van der Waals surface area (Å²) in [6.07, 6.45) is -13.0. The quantitative estimate of drug-likeness (QED) is 0.376. The van der Waals surface area contributed by atoms with Crippen molar-refractivity contribution in [1.82, 2.24) is 4.90 Å². The number of alkyl halides is 6. The van der Waals surface area contributed by atoms with Gasteiger partial charge in [0.2, 0.25) is 6.10 Å². The van der Waals surface area contributed by atoms with Crippen LogP contribution < -0.4 is 4.74 Å². The van der Waals surface area contributed by atoms with E-state index in [4.69, 9.17) is 16.3 Å². The van der Waals surface area contributed by atoms with Crippen molar-refractivity contribution in [2.45, 2.75) is 44.9 Å². The fraction of sp³-hybridized carbons (Fsp3) is 0.444. The van der Waals surface area contributed by atoms with Crippen molar-refractivity contribution in [3.63, 3.8) is 0 Å². The molecule has 0 saturated carbocycles. The van der Waals surface area contributed by atoms with Crippen LogP contribution in [0.1, 0.15) is 25.0 Å². The maximum absolute atomic E-state index is 13.4. The third-order valence-corrected chi connectivity index (χ3v) is 4.62. The van der Waals surface area contributed by atoms with Gasteiger partial charge in [-0.15, -0.1) is 0 Å². The third-order valence-electron chi connectivity index (χ3n) is 4.27. The van der Waals surface area contributed by atoms with Crippen LogP contribution in [0, 0.1) is 0 Å². The van der Waals surface area contributed by atoms with Crippen LogP contribution in [0.15, 0.2) is 17.7 Å². The molecule has 1 atom stereocenters. The summed E-state index contributed by atoms with van der Waals surface area (Å²) in [5.41, 5.74) is -0.946. The van der Waals surface area contributed by atoms with Gasteiger partial charge in [0, 0.05) is 23.2 Å². The van der Waals surface area contributed by atoms with E-state index in [-0.39, 0.29) is 28.9 Å². The molecule has 0 radical (unpaired) electrons. The molecule has 1 unspecified atom stereocenters. The van der Waals surface area contributed by atoms with Gasteiger partial charge < -0.3 is 9.47 Å². The minimum Gasteiger partial charge on any atom is -0.475 e. The fourth-order valence-electron chi connectivity index (χ4n) is 2.44. The second-order valence-corrected chi connectivity index (χ2v) is 7.21. The molecule has 0 bridgehead atoms. The summed E-state index contributed by atoms with van der Waals surface area (Å²) in [5.74, 6) is -5.33. The van der Waals surface area contributed by atoms with Crippen LogP contribution >= 0.6 is 11.6 Å². The normalized spacial score (nSPS) is 16.8. The smallest absolute Gasteiger partial charge is 0.475 e. The molecule has 0 spiro atoms. The summed E-state index contributed by atoms with van der Waals surface area (Å²) < 4.78 is 85.5. The summed E-state index contributed by atoms with van der Waals surface area (Å²) in [4.78, 5) is 24.6. The first-order valence-electron chi connectivity index (χ1n) is 8.42. The number of rotatable bonds is 4. The van der Waals surface area contributed by atoms with Gasteiger partial charge in [0.05, 0.1) is 5.57 Å². The molecular formula is C18H16ClF6NO4. The second kappa shape index (κ2) is 8.46. The molecule has 1 aliphatic rings. The zero-order valence-corrected chi connectivity index (χ0v) is 16.6. The maximum Gasteiger partial charge on any atom is 0.491 e. The molecule has 0 N–H and O–H groups in total. The predicted octanol–water partition coefficient (Wildman–Crippen LogP) is 4.52. The predicted molar refractivity (Wildman–Crippen MR) is 93.7 cm³/mol. The molecule has 0 saturated heterocycles. The third kappa shape index (κ3) is 5.45. The Hall–Kier alpha value is -2.27. The SMILES string of the molecule is CC(C)N(C)Cc1cc2c(cc1Cl)C=C(C(=O)OC(=O)C(F)(F)F)C(C(F)(F)F)O2. The van der Waals surface area contributed by atoms with E-state index in [0.29, 0.717) is 11.6 Å². The van der Waals surface area contributed by atoms with Crippen LogP contribution in [0.4, 0.5) is 26.3 Å². The van der Waals surface area contributed by atoms with Crippen molar-refractivity contribution < 1.29 is 45.4 Å². The molecule has 0 aliphatic carbocycles. The van der Waals surface area contributed by atoms with Gasteiger partial charge in [-0.1, -0.05) is 11.6 Å². The molecule has 0 aromatic heterocycles. The molecule has 5 nitrogen and oxygen atoms in total. The molecule has 166 valence electrons. The number of halogens is 7. The number of ether oxygens (including phenoxy) is 2. The van der Waals surface area contributed by atoms with Crippen molar-refractivity contribution in [3.05, 3.63) is 33.9 Å². The molecule has 1 aliphatic heterocycles. The summed E-state index contributed by atoms with van der Waals surface area (Å²) in [5, 5.41) is 0.144. The molecule has 0 amide bonds. The number of esters is 2. The Balaban J connectivity index is 2.45. The van der Waals surface area contributed by atoms with Crippen LogP contribution in [-0.2, 0) is 20.9 Å². The Bertz CT molecular complexity index is 879. The van der Waals surface area contributed by atoms with E-state index in [9.17, 15) is 35.9 Å². The highest BCUT2D eigenvalue weighted by Crippen LogP contribution is 2.40.